The molecule has 0 N–H and O–H groups in total. The Kier molecular flexibility index (Phi) is 2.11. The molecule has 1 aromatic rings. The van der Waals surface area contributed by atoms with Gasteiger partial charge in [-0.25, -0.2) is 0 Å². The Morgan fingerprint density at radius 2 is 1.75 bits per heavy atom. The molecule has 0 aromatic heterocycles. The number of hydrogen-bond acceptors (Lipinski definition) is 4. The number of thioether (sulfide) groups is 1. The minimum atomic E-state index is -0.169. The molecule has 3 nitrogen and oxygen atoms in total. The number of fused-ring (bicyclic) bond motifs is 1. The number of ether oxygens (including phenoxy) is 1. The van der Waals surface area contributed by atoms with Crippen molar-refractivity contribution in [2.24, 2.45) is 0 Å². The molecule has 80 valence electrons. The summed E-state index contributed by atoms with van der Waals surface area (Å²) < 4.78 is 5.31. The van der Waals surface area contributed by atoms with Gasteiger partial charge in [0.25, 0.3) is 0 Å². The minimum absolute atomic E-state index is 0.0881. The van der Waals surface area contributed by atoms with Crippen molar-refractivity contribution in [1.29, 1.82) is 0 Å². The molecule has 4 heteroatoms. The van der Waals surface area contributed by atoms with E-state index in [1.807, 2.05) is 0 Å². The van der Waals surface area contributed by atoms with Crippen LogP contribution >= 0.6 is 11.8 Å². The van der Waals surface area contributed by atoms with Crippen molar-refractivity contribution < 1.29 is 14.3 Å². The van der Waals surface area contributed by atoms with Crippen LogP contribution in [0.15, 0.2) is 34.9 Å². The first-order chi connectivity index (χ1) is 7.79. The van der Waals surface area contributed by atoms with Gasteiger partial charge in [0.1, 0.15) is 4.91 Å². The molecule has 0 spiro atoms. The van der Waals surface area contributed by atoms with E-state index in [9.17, 15) is 9.59 Å². The molecule has 0 atom stereocenters. The van der Waals surface area contributed by atoms with Gasteiger partial charge in [-0.1, -0.05) is 24.3 Å². The highest BCUT2D eigenvalue weighted by molar-refractivity contribution is 8.04. The quantitative estimate of drug-likeness (QED) is 0.686. The lowest BCUT2D eigenvalue weighted by Gasteiger charge is -2.23. The van der Waals surface area contributed by atoms with Crippen molar-refractivity contribution in [3.05, 3.63) is 46.1 Å². The summed E-state index contributed by atoms with van der Waals surface area (Å²) in [6, 6.07) is 6.88. The zero-order chi connectivity index (χ0) is 11.1. The van der Waals surface area contributed by atoms with Crippen LogP contribution in [0, 0.1) is 0 Å². The highest BCUT2D eigenvalue weighted by atomic mass is 32.2. The van der Waals surface area contributed by atoms with Crippen molar-refractivity contribution in [3.8, 4) is 0 Å². The van der Waals surface area contributed by atoms with Gasteiger partial charge in [-0.05, 0) is 0 Å². The molecule has 0 amide bonds. The first kappa shape index (κ1) is 9.66. The molecular formula is C12H8O3S. The Hall–Kier alpha value is -1.55. The SMILES string of the molecule is O=C1C2=C(SCCO2)C(=O)c2ccccc21. The van der Waals surface area contributed by atoms with Crippen LogP contribution in [0.4, 0.5) is 0 Å². The van der Waals surface area contributed by atoms with Gasteiger partial charge >= 0.3 is 0 Å². The molecule has 1 aliphatic carbocycles. The third-order valence-corrected chi connectivity index (χ3v) is 3.64. The number of Topliss-reactive ketones (excluding diaryl/α,β-unsaturated/α-hetero) is 2. The highest BCUT2D eigenvalue weighted by Crippen LogP contribution is 2.35. The number of carbonyl (C=O) groups is 2. The zero-order valence-corrected chi connectivity index (χ0v) is 9.17. The Balaban J connectivity index is 2.22. The van der Waals surface area contributed by atoms with E-state index in [1.165, 1.54) is 11.8 Å². The number of benzene rings is 1. The predicted molar refractivity (Wildman–Crippen MR) is 60.5 cm³/mol. The fourth-order valence-electron chi connectivity index (χ4n) is 1.88. The topological polar surface area (TPSA) is 43.4 Å². The standard InChI is InChI=1S/C12H8O3S/c13-9-7-3-1-2-4-8(7)10(14)12-11(9)15-5-6-16-12/h1-4H,5-6H2. The van der Waals surface area contributed by atoms with Crippen LogP contribution in [0.25, 0.3) is 0 Å². The lowest BCUT2D eigenvalue weighted by molar-refractivity contribution is 0.0885. The summed E-state index contributed by atoms with van der Waals surface area (Å²) in [5, 5.41) is 0. The first-order valence-electron chi connectivity index (χ1n) is 4.97. The Bertz CT molecular complexity index is 484. The molecule has 0 fully saturated rings. The highest BCUT2D eigenvalue weighted by Gasteiger charge is 2.35. The van der Waals surface area contributed by atoms with E-state index in [4.69, 9.17) is 4.74 Å². The predicted octanol–water partition coefficient (Wildman–Crippen LogP) is 2.04. The van der Waals surface area contributed by atoms with Gasteiger partial charge < -0.3 is 4.74 Å². The van der Waals surface area contributed by atoms with E-state index in [0.29, 0.717) is 22.6 Å². The number of rotatable bonds is 0. The van der Waals surface area contributed by atoms with Gasteiger partial charge in [0.15, 0.2) is 5.76 Å². The molecule has 2 aliphatic rings. The van der Waals surface area contributed by atoms with Crippen LogP contribution in [-0.2, 0) is 4.74 Å². The second-order valence-corrected chi connectivity index (χ2v) is 4.66. The van der Waals surface area contributed by atoms with Crippen molar-refractivity contribution in [1.82, 2.24) is 0 Å². The summed E-state index contributed by atoms with van der Waals surface area (Å²) in [5.74, 6) is 0.701. The Morgan fingerprint density at radius 1 is 1.06 bits per heavy atom. The van der Waals surface area contributed by atoms with Gasteiger partial charge in [-0.3, -0.25) is 9.59 Å². The number of hydrogen-bond donors (Lipinski definition) is 0. The normalized spacial score (nSPS) is 19.0. The fraction of sp³-hybridized carbons (Fsp3) is 0.167. The summed E-state index contributed by atoms with van der Waals surface area (Å²) >= 11 is 1.41. The maximum absolute atomic E-state index is 12.1. The van der Waals surface area contributed by atoms with Crippen LogP contribution in [0.5, 0.6) is 0 Å². The largest absolute Gasteiger partial charge is 0.487 e. The third kappa shape index (κ3) is 1.23. The summed E-state index contributed by atoms with van der Waals surface area (Å²) in [4.78, 5) is 24.6. The molecule has 0 unspecified atom stereocenters. The number of carbonyl (C=O) groups excluding carboxylic acids is 2. The molecule has 1 heterocycles. The summed E-state index contributed by atoms with van der Waals surface area (Å²) in [6.45, 7) is 0.491. The smallest absolute Gasteiger partial charge is 0.229 e. The first-order valence-corrected chi connectivity index (χ1v) is 5.96. The van der Waals surface area contributed by atoms with E-state index in [0.717, 1.165) is 5.75 Å². The van der Waals surface area contributed by atoms with Crippen LogP contribution in [0.3, 0.4) is 0 Å². The van der Waals surface area contributed by atoms with Crippen LogP contribution in [-0.4, -0.2) is 23.9 Å². The van der Waals surface area contributed by atoms with Gasteiger partial charge in [0, 0.05) is 16.9 Å². The number of allylic oxidation sites excluding steroid dienone is 2. The van der Waals surface area contributed by atoms with Crippen LogP contribution in [0.1, 0.15) is 20.7 Å². The summed E-state index contributed by atoms with van der Waals surface area (Å²) in [7, 11) is 0. The number of ketones is 2. The van der Waals surface area contributed by atoms with Gasteiger partial charge in [0.05, 0.1) is 6.61 Å². The molecule has 3 rings (SSSR count). The van der Waals surface area contributed by atoms with Crippen molar-refractivity contribution in [3.63, 3.8) is 0 Å². The second kappa shape index (κ2) is 3.49. The van der Waals surface area contributed by atoms with Gasteiger partial charge in [-0.15, -0.1) is 11.8 Å². The van der Waals surface area contributed by atoms with Gasteiger partial charge in [0.2, 0.25) is 11.6 Å². The van der Waals surface area contributed by atoms with Crippen LogP contribution < -0.4 is 0 Å². The third-order valence-electron chi connectivity index (χ3n) is 2.61. The van der Waals surface area contributed by atoms with E-state index in [2.05, 4.69) is 0 Å². The summed E-state index contributed by atoms with van der Waals surface area (Å²) in [6.07, 6.45) is 0. The summed E-state index contributed by atoms with van der Waals surface area (Å²) in [5.41, 5.74) is 0.943. The zero-order valence-electron chi connectivity index (χ0n) is 8.36. The second-order valence-electron chi connectivity index (χ2n) is 3.56. The molecule has 16 heavy (non-hydrogen) atoms. The van der Waals surface area contributed by atoms with E-state index >= 15 is 0 Å². The average Bonchev–Trinajstić information content (AvgIpc) is 2.36. The monoisotopic (exact) mass is 232 g/mol. The molecule has 0 saturated carbocycles. The van der Waals surface area contributed by atoms with Crippen LogP contribution in [0.2, 0.25) is 0 Å². The van der Waals surface area contributed by atoms with E-state index in [1.54, 1.807) is 24.3 Å². The lowest BCUT2D eigenvalue weighted by atomic mass is 9.93. The molecule has 1 aliphatic heterocycles. The molecular weight excluding hydrogens is 224 g/mol. The minimum Gasteiger partial charge on any atom is -0.487 e. The lowest BCUT2D eigenvalue weighted by Crippen LogP contribution is -2.25. The molecule has 0 radical (unpaired) electrons. The van der Waals surface area contributed by atoms with Crippen molar-refractivity contribution in [2.45, 2.75) is 0 Å². The van der Waals surface area contributed by atoms with Crippen molar-refractivity contribution in [2.75, 3.05) is 12.4 Å². The Labute approximate surface area is 96.5 Å². The molecule has 1 aromatic carbocycles. The van der Waals surface area contributed by atoms with Gasteiger partial charge in [-0.2, -0.15) is 0 Å². The Morgan fingerprint density at radius 3 is 2.50 bits per heavy atom. The fourth-order valence-corrected chi connectivity index (χ4v) is 2.77. The van der Waals surface area contributed by atoms with E-state index in [-0.39, 0.29) is 17.3 Å². The maximum Gasteiger partial charge on any atom is 0.229 e. The average molecular weight is 232 g/mol. The molecule has 0 bridgehead atoms. The maximum atomic E-state index is 12.1. The van der Waals surface area contributed by atoms with E-state index < -0.39 is 0 Å². The van der Waals surface area contributed by atoms with Crippen molar-refractivity contribution >= 4 is 23.3 Å². The molecule has 0 saturated heterocycles.